The van der Waals surface area contributed by atoms with Crippen LogP contribution in [0.15, 0.2) is 29.2 Å². The zero-order chi connectivity index (χ0) is 26.8. The SMILES string of the molecule is Cc1c(C(=O)NCC(C)(C)C(N)=O)cc(-c2ccc(S(=O)O)c(C(C)(C)C)c2)n1CC1CCCCC1. The van der Waals surface area contributed by atoms with Gasteiger partial charge in [0.1, 0.15) is 0 Å². The Morgan fingerprint density at radius 1 is 1.11 bits per heavy atom. The number of carbonyl (C=O) groups is 2. The van der Waals surface area contributed by atoms with E-state index in [0.29, 0.717) is 16.4 Å². The lowest BCUT2D eigenvalue weighted by Gasteiger charge is -2.25. The number of nitrogens with zero attached hydrogens (tertiary/aromatic N) is 1. The molecule has 1 aliphatic rings. The lowest BCUT2D eigenvalue weighted by Crippen LogP contribution is -2.42. The molecule has 8 heteroatoms. The van der Waals surface area contributed by atoms with Crippen LogP contribution in [0.2, 0.25) is 0 Å². The van der Waals surface area contributed by atoms with Crippen LogP contribution in [0.3, 0.4) is 0 Å². The largest absolute Gasteiger partial charge is 0.369 e. The number of benzene rings is 1. The van der Waals surface area contributed by atoms with E-state index in [-0.39, 0.29) is 17.9 Å². The van der Waals surface area contributed by atoms with Crippen molar-refractivity contribution in [2.45, 2.75) is 90.5 Å². The minimum atomic E-state index is -2.09. The number of aromatic nitrogens is 1. The van der Waals surface area contributed by atoms with Gasteiger partial charge in [-0.2, -0.15) is 0 Å². The molecule has 0 radical (unpaired) electrons. The van der Waals surface area contributed by atoms with Gasteiger partial charge in [0.05, 0.1) is 15.9 Å². The van der Waals surface area contributed by atoms with Gasteiger partial charge in [0.25, 0.3) is 5.91 Å². The second-order valence-corrected chi connectivity index (χ2v) is 12.7. The van der Waals surface area contributed by atoms with E-state index in [0.717, 1.165) is 29.1 Å². The molecule has 1 aliphatic carbocycles. The summed E-state index contributed by atoms with van der Waals surface area (Å²) in [7, 11) is 0. The van der Waals surface area contributed by atoms with Crippen LogP contribution in [0.25, 0.3) is 11.3 Å². The van der Waals surface area contributed by atoms with Gasteiger partial charge in [0.15, 0.2) is 11.1 Å². The molecule has 0 bridgehead atoms. The number of nitrogens with two attached hydrogens (primary N) is 1. The van der Waals surface area contributed by atoms with Crippen LogP contribution < -0.4 is 11.1 Å². The van der Waals surface area contributed by atoms with Gasteiger partial charge < -0.3 is 20.2 Å². The van der Waals surface area contributed by atoms with E-state index in [1.807, 2.05) is 45.9 Å². The van der Waals surface area contributed by atoms with Gasteiger partial charge in [-0.25, -0.2) is 4.21 Å². The van der Waals surface area contributed by atoms with Crippen LogP contribution in [0, 0.1) is 18.3 Å². The molecule has 1 aromatic heterocycles. The summed E-state index contributed by atoms with van der Waals surface area (Å²) in [4.78, 5) is 25.4. The highest BCUT2D eigenvalue weighted by Crippen LogP contribution is 2.35. The van der Waals surface area contributed by atoms with Crippen molar-refractivity contribution in [3.8, 4) is 11.3 Å². The fourth-order valence-electron chi connectivity index (χ4n) is 4.89. The Kier molecular flexibility index (Phi) is 8.51. The molecule has 1 aromatic carbocycles. The number of primary amides is 1. The van der Waals surface area contributed by atoms with Crippen molar-refractivity contribution < 1.29 is 18.4 Å². The smallest absolute Gasteiger partial charge is 0.253 e. The van der Waals surface area contributed by atoms with Crippen LogP contribution in [0.1, 0.15) is 88.3 Å². The molecule has 1 heterocycles. The molecule has 0 aliphatic heterocycles. The number of carbonyl (C=O) groups excluding carboxylic acids is 2. The van der Waals surface area contributed by atoms with Crippen molar-refractivity contribution in [3.63, 3.8) is 0 Å². The molecule has 1 atom stereocenters. The zero-order valence-corrected chi connectivity index (χ0v) is 23.3. The first-order valence-corrected chi connectivity index (χ1v) is 13.9. The predicted molar refractivity (Wildman–Crippen MR) is 144 cm³/mol. The minimum Gasteiger partial charge on any atom is -0.369 e. The molecule has 0 saturated heterocycles. The molecule has 36 heavy (non-hydrogen) atoms. The Bertz CT molecular complexity index is 1150. The standard InChI is InChI=1S/C28H41N3O4S/c1-18-21(25(32)30-17-28(5,6)26(29)33)15-23(31(18)16-19-10-8-7-9-11-19)20-12-13-24(36(34)35)22(14-20)27(2,3)4/h12-15,19H,7-11,16-17H2,1-6H3,(H2,29,33)(H,30,32)(H,34,35). The summed E-state index contributed by atoms with van der Waals surface area (Å²) >= 11 is -2.09. The van der Waals surface area contributed by atoms with E-state index in [1.54, 1.807) is 19.9 Å². The van der Waals surface area contributed by atoms with Crippen molar-refractivity contribution in [1.82, 2.24) is 9.88 Å². The van der Waals surface area contributed by atoms with Crippen LogP contribution >= 0.6 is 0 Å². The maximum Gasteiger partial charge on any atom is 0.253 e. The number of hydrogen-bond acceptors (Lipinski definition) is 3. The van der Waals surface area contributed by atoms with Gasteiger partial charge in [0, 0.05) is 24.5 Å². The number of hydrogen-bond donors (Lipinski definition) is 3. The number of nitrogens with one attached hydrogen (secondary N) is 1. The Morgan fingerprint density at radius 2 is 1.75 bits per heavy atom. The van der Waals surface area contributed by atoms with E-state index < -0.39 is 22.4 Å². The summed E-state index contributed by atoms with van der Waals surface area (Å²) in [5, 5.41) is 2.89. The number of amides is 2. The molecule has 198 valence electrons. The van der Waals surface area contributed by atoms with Gasteiger partial charge in [-0.3, -0.25) is 9.59 Å². The molecular formula is C28H41N3O4S. The molecule has 1 unspecified atom stereocenters. The maximum absolute atomic E-state index is 13.2. The first-order chi connectivity index (χ1) is 16.7. The molecule has 0 spiro atoms. The highest BCUT2D eigenvalue weighted by Gasteiger charge is 2.28. The quantitative estimate of drug-likeness (QED) is 0.421. The fourth-order valence-corrected chi connectivity index (χ4v) is 5.63. The van der Waals surface area contributed by atoms with E-state index in [4.69, 9.17) is 5.73 Å². The maximum atomic E-state index is 13.2. The lowest BCUT2D eigenvalue weighted by atomic mass is 9.85. The third-order valence-electron chi connectivity index (χ3n) is 7.41. The second kappa shape index (κ2) is 10.9. The number of rotatable bonds is 8. The van der Waals surface area contributed by atoms with Crippen LogP contribution in [-0.4, -0.2) is 31.7 Å². The van der Waals surface area contributed by atoms with Crippen LogP contribution in [0.4, 0.5) is 0 Å². The van der Waals surface area contributed by atoms with Crippen molar-refractivity contribution in [3.05, 3.63) is 41.1 Å². The average Bonchev–Trinajstić information content (AvgIpc) is 3.13. The molecule has 7 nitrogen and oxygen atoms in total. The summed E-state index contributed by atoms with van der Waals surface area (Å²) in [6.07, 6.45) is 6.05. The van der Waals surface area contributed by atoms with Crippen LogP contribution in [-0.2, 0) is 27.8 Å². The second-order valence-electron chi connectivity index (χ2n) is 11.8. The summed E-state index contributed by atoms with van der Waals surface area (Å²) in [6.45, 7) is 12.4. The molecule has 2 amide bonds. The van der Waals surface area contributed by atoms with Crippen molar-refractivity contribution in [1.29, 1.82) is 0 Å². The first kappa shape index (κ1) is 28.1. The molecule has 2 aromatic rings. The van der Waals surface area contributed by atoms with Crippen molar-refractivity contribution >= 4 is 22.9 Å². The van der Waals surface area contributed by atoms with E-state index >= 15 is 0 Å². The molecule has 4 N–H and O–H groups in total. The van der Waals surface area contributed by atoms with E-state index in [1.165, 1.54) is 32.1 Å². The summed E-state index contributed by atoms with van der Waals surface area (Å²) in [5.41, 5.74) is 8.36. The summed E-state index contributed by atoms with van der Waals surface area (Å²) in [5.74, 6) is -0.166. The van der Waals surface area contributed by atoms with Crippen molar-refractivity contribution in [2.24, 2.45) is 17.1 Å². The molecule has 1 saturated carbocycles. The topological polar surface area (TPSA) is 114 Å². The third kappa shape index (κ3) is 6.27. The lowest BCUT2D eigenvalue weighted by molar-refractivity contribution is -0.125. The van der Waals surface area contributed by atoms with Gasteiger partial charge in [-0.05, 0) is 74.3 Å². The monoisotopic (exact) mass is 515 g/mol. The fraction of sp³-hybridized carbons (Fsp3) is 0.571. The van der Waals surface area contributed by atoms with Crippen molar-refractivity contribution in [2.75, 3.05) is 6.54 Å². The Balaban J connectivity index is 2.07. The highest BCUT2D eigenvalue weighted by atomic mass is 32.2. The Labute approximate surface area is 217 Å². The molecular weight excluding hydrogens is 474 g/mol. The minimum absolute atomic E-state index is 0.148. The Morgan fingerprint density at radius 3 is 2.31 bits per heavy atom. The molecule has 3 rings (SSSR count). The average molecular weight is 516 g/mol. The molecule has 1 fully saturated rings. The predicted octanol–water partition coefficient (Wildman–Crippen LogP) is 5.16. The van der Waals surface area contributed by atoms with Gasteiger partial charge in [-0.1, -0.05) is 46.1 Å². The van der Waals surface area contributed by atoms with Gasteiger partial charge in [-0.15, -0.1) is 0 Å². The van der Waals surface area contributed by atoms with Crippen LogP contribution in [0.5, 0.6) is 0 Å². The normalized spacial score (nSPS) is 16.1. The Hall–Kier alpha value is -2.45. The summed E-state index contributed by atoms with van der Waals surface area (Å²) < 4.78 is 24.1. The van der Waals surface area contributed by atoms with E-state index in [2.05, 4.69) is 9.88 Å². The zero-order valence-electron chi connectivity index (χ0n) is 22.4. The summed E-state index contributed by atoms with van der Waals surface area (Å²) in [6, 6.07) is 7.47. The third-order valence-corrected chi connectivity index (χ3v) is 8.14. The first-order valence-electron chi connectivity index (χ1n) is 12.8. The van der Waals surface area contributed by atoms with Gasteiger partial charge in [0.2, 0.25) is 5.91 Å². The highest BCUT2D eigenvalue weighted by molar-refractivity contribution is 7.79. The van der Waals surface area contributed by atoms with E-state index in [9.17, 15) is 18.4 Å². The van der Waals surface area contributed by atoms with Gasteiger partial charge >= 0.3 is 0 Å².